The van der Waals surface area contributed by atoms with Crippen molar-refractivity contribution >= 4 is 11.3 Å². The summed E-state index contributed by atoms with van der Waals surface area (Å²) in [6.07, 6.45) is 6.55. The zero-order valence-corrected chi connectivity index (χ0v) is 14.0. The average Bonchev–Trinajstić information content (AvgIpc) is 3.20. The first-order chi connectivity index (χ1) is 9.78. The molecule has 1 aromatic rings. The lowest BCUT2D eigenvalue weighted by Gasteiger charge is -2.28. The molecular formula is C17H29NOS. The van der Waals surface area contributed by atoms with Gasteiger partial charge in [0, 0.05) is 22.4 Å². The van der Waals surface area contributed by atoms with E-state index in [1.54, 1.807) is 0 Å². The molecule has 0 saturated heterocycles. The summed E-state index contributed by atoms with van der Waals surface area (Å²) in [5.74, 6) is 0.787. The van der Waals surface area contributed by atoms with Gasteiger partial charge < -0.3 is 10.1 Å². The summed E-state index contributed by atoms with van der Waals surface area (Å²) in [7, 11) is 0. The first kappa shape index (κ1) is 16.0. The Morgan fingerprint density at radius 1 is 1.25 bits per heavy atom. The molecule has 2 nitrogen and oxygen atoms in total. The minimum absolute atomic E-state index is 0.402. The van der Waals surface area contributed by atoms with Crippen molar-refractivity contribution in [2.24, 2.45) is 5.92 Å². The molecule has 0 amide bonds. The minimum atomic E-state index is 0.402. The minimum Gasteiger partial charge on any atom is -0.377 e. The van der Waals surface area contributed by atoms with Gasteiger partial charge in [-0.05, 0) is 63.6 Å². The fraction of sp³-hybridized carbons (Fsp3) is 0.765. The van der Waals surface area contributed by atoms with E-state index in [0.29, 0.717) is 12.1 Å². The number of ether oxygens (including phenoxy) is 1. The molecule has 1 aliphatic rings. The zero-order valence-electron chi connectivity index (χ0n) is 13.2. The van der Waals surface area contributed by atoms with Crippen LogP contribution in [0.3, 0.4) is 0 Å². The molecule has 1 aliphatic carbocycles. The van der Waals surface area contributed by atoms with Crippen molar-refractivity contribution in [1.29, 1.82) is 0 Å². The highest BCUT2D eigenvalue weighted by Gasteiger charge is 2.37. The van der Waals surface area contributed by atoms with Crippen LogP contribution < -0.4 is 5.32 Å². The maximum atomic E-state index is 6.07. The van der Waals surface area contributed by atoms with Crippen LogP contribution in [0.25, 0.3) is 0 Å². The molecule has 0 radical (unpaired) electrons. The van der Waals surface area contributed by atoms with Crippen molar-refractivity contribution < 1.29 is 4.74 Å². The second-order valence-electron chi connectivity index (χ2n) is 5.74. The van der Waals surface area contributed by atoms with Crippen LogP contribution in [-0.4, -0.2) is 25.3 Å². The van der Waals surface area contributed by atoms with Crippen molar-refractivity contribution in [3.05, 3.63) is 21.9 Å². The van der Waals surface area contributed by atoms with Crippen LogP contribution in [0.5, 0.6) is 0 Å². The molecule has 3 heteroatoms. The van der Waals surface area contributed by atoms with Gasteiger partial charge in [0.25, 0.3) is 0 Å². The standard InChI is InChI=1S/C17H29NOS/c1-4-11-18-16(17(19-6-3)13-7-8-13)12-15-10-9-14(5-2)20-15/h9-10,13,16-18H,4-8,11-12H2,1-3H3. The van der Waals surface area contributed by atoms with Gasteiger partial charge in [-0.25, -0.2) is 0 Å². The van der Waals surface area contributed by atoms with E-state index in [-0.39, 0.29) is 0 Å². The molecule has 1 aromatic heterocycles. The predicted molar refractivity (Wildman–Crippen MR) is 87.6 cm³/mol. The molecule has 1 fully saturated rings. The number of rotatable bonds is 10. The zero-order chi connectivity index (χ0) is 14.4. The Hall–Kier alpha value is -0.380. The van der Waals surface area contributed by atoms with Gasteiger partial charge in [0.05, 0.1) is 6.10 Å². The second kappa shape index (κ2) is 8.16. The SMILES string of the molecule is CCCNC(Cc1ccc(CC)s1)C(OCC)C1CC1. The highest BCUT2D eigenvalue weighted by molar-refractivity contribution is 7.11. The Morgan fingerprint density at radius 3 is 2.55 bits per heavy atom. The maximum absolute atomic E-state index is 6.07. The number of nitrogens with one attached hydrogen (secondary N) is 1. The van der Waals surface area contributed by atoms with Gasteiger partial charge in [0.2, 0.25) is 0 Å². The Kier molecular flexibility index (Phi) is 6.53. The molecule has 2 unspecified atom stereocenters. The van der Waals surface area contributed by atoms with Gasteiger partial charge in [-0.3, -0.25) is 0 Å². The molecule has 0 aromatic carbocycles. The number of aryl methyl sites for hydroxylation is 1. The van der Waals surface area contributed by atoms with E-state index in [1.807, 2.05) is 11.3 Å². The highest BCUT2D eigenvalue weighted by Crippen LogP contribution is 2.37. The number of thiophene rings is 1. The molecule has 1 heterocycles. The monoisotopic (exact) mass is 295 g/mol. The molecule has 2 rings (SSSR count). The van der Waals surface area contributed by atoms with Gasteiger partial charge in [0.1, 0.15) is 0 Å². The third kappa shape index (κ3) is 4.57. The summed E-state index contributed by atoms with van der Waals surface area (Å²) in [5.41, 5.74) is 0. The second-order valence-corrected chi connectivity index (χ2v) is 7.00. The topological polar surface area (TPSA) is 21.3 Å². The smallest absolute Gasteiger partial charge is 0.0759 e. The van der Waals surface area contributed by atoms with Crippen LogP contribution >= 0.6 is 11.3 Å². The highest BCUT2D eigenvalue weighted by atomic mass is 32.1. The molecule has 0 spiro atoms. The molecule has 0 bridgehead atoms. The summed E-state index contributed by atoms with van der Waals surface area (Å²) in [6, 6.07) is 5.06. The molecule has 20 heavy (non-hydrogen) atoms. The average molecular weight is 295 g/mol. The van der Waals surface area contributed by atoms with E-state index in [4.69, 9.17) is 4.74 Å². The molecular weight excluding hydrogens is 266 g/mol. The van der Waals surface area contributed by atoms with Crippen molar-refractivity contribution in [2.75, 3.05) is 13.2 Å². The lowest BCUT2D eigenvalue weighted by Crippen LogP contribution is -2.44. The lowest BCUT2D eigenvalue weighted by atomic mass is 10.0. The van der Waals surface area contributed by atoms with Crippen LogP contribution in [-0.2, 0) is 17.6 Å². The van der Waals surface area contributed by atoms with Crippen LogP contribution in [0.4, 0.5) is 0 Å². The summed E-state index contributed by atoms with van der Waals surface area (Å²) in [4.78, 5) is 2.99. The van der Waals surface area contributed by atoms with Gasteiger partial charge >= 0.3 is 0 Å². The summed E-state index contributed by atoms with van der Waals surface area (Å²) in [5, 5.41) is 3.73. The normalized spacial score (nSPS) is 18.1. The molecule has 114 valence electrons. The Bertz CT molecular complexity index is 386. The first-order valence-corrected chi connectivity index (χ1v) is 9.02. The molecule has 0 aliphatic heterocycles. The van der Waals surface area contributed by atoms with Gasteiger partial charge in [-0.15, -0.1) is 11.3 Å². The maximum Gasteiger partial charge on any atom is 0.0759 e. The van der Waals surface area contributed by atoms with E-state index in [1.165, 1.54) is 29.0 Å². The summed E-state index contributed by atoms with van der Waals surface area (Å²) >= 11 is 1.97. The third-order valence-electron chi connectivity index (χ3n) is 3.99. The van der Waals surface area contributed by atoms with Crippen LogP contribution in [0.2, 0.25) is 0 Å². The summed E-state index contributed by atoms with van der Waals surface area (Å²) in [6.45, 7) is 8.50. The van der Waals surface area contributed by atoms with E-state index < -0.39 is 0 Å². The van der Waals surface area contributed by atoms with Crippen molar-refractivity contribution in [2.45, 2.75) is 65.0 Å². The van der Waals surface area contributed by atoms with Crippen molar-refractivity contribution in [3.8, 4) is 0 Å². The summed E-state index contributed by atoms with van der Waals surface area (Å²) < 4.78 is 6.07. The number of hydrogen-bond acceptors (Lipinski definition) is 3. The van der Waals surface area contributed by atoms with Gasteiger partial charge in [-0.1, -0.05) is 13.8 Å². The van der Waals surface area contributed by atoms with E-state index in [2.05, 4.69) is 38.2 Å². The Morgan fingerprint density at radius 2 is 2.00 bits per heavy atom. The quantitative estimate of drug-likeness (QED) is 0.703. The Balaban J connectivity index is 2.00. The van der Waals surface area contributed by atoms with Gasteiger partial charge in [0.15, 0.2) is 0 Å². The fourth-order valence-corrected chi connectivity index (χ4v) is 3.79. The Labute approximate surface area is 127 Å². The van der Waals surface area contributed by atoms with E-state index in [9.17, 15) is 0 Å². The van der Waals surface area contributed by atoms with E-state index in [0.717, 1.165) is 31.9 Å². The van der Waals surface area contributed by atoms with Crippen molar-refractivity contribution in [1.82, 2.24) is 5.32 Å². The largest absolute Gasteiger partial charge is 0.377 e. The lowest BCUT2D eigenvalue weighted by molar-refractivity contribution is 0.0194. The number of hydrogen-bond donors (Lipinski definition) is 1. The first-order valence-electron chi connectivity index (χ1n) is 8.21. The van der Waals surface area contributed by atoms with Crippen molar-refractivity contribution in [3.63, 3.8) is 0 Å². The molecule has 2 atom stereocenters. The third-order valence-corrected chi connectivity index (χ3v) is 5.24. The molecule has 1 N–H and O–H groups in total. The van der Waals surface area contributed by atoms with Crippen LogP contribution in [0.15, 0.2) is 12.1 Å². The molecule has 1 saturated carbocycles. The van der Waals surface area contributed by atoms with Gasteiger partial charge in [-0.2, -0.15) is 0 Å². The van der Waals surface area contributed by atoms with E-state index >= 15 is 0 Å². The fourth-order valence-electron chi connectivity index (χ4n) is 2.77. The predicted octanol–water partition coefficient (Wildman–Crippen LogP) is 4.04. The van der Waals surface area contributed by atoms with Crippen LogP contribution in [0.1, 0.15) is 49.8 Å². The van der Waals surface area contributed by atoms with Crippen LogP contribution in [0, 0.1) is 5.92 Å².